The maximum absolute atomic E-state index is 11.5. The molecule has 3 nitrogen and oxygen atoms in total. The SMILES string of the molecule is COc1ccc(C=CC(=O)OC(C)(C)C)cc1C. The zero-order valence-electron chi connectivity index (χ0n) is 11.6. The van der Waals surface area contributed by atoms with Gasteiger partial charge in [0.15, 0.2) is 0 Å². The molecule has 0 radical (unpaired) electrons. The van der Waals surface area contributed by atoms with Gasteiger partial charge in [0, 0.05) is 6.08 Å². The van der Waals surface area contributed by atoms with E-state index in [1.54, 1.807) is 13.2 Å². The maximum Gasteiger partial charge on any atom is 0.331 e. The van der Waals surface area contributed by atoms with Crippen molar-refractivity contribution in [2.45, 2.75) is 33.3 Å². The molecule has 1 aromatic carbocycles. The lowest BCUT2D eigenvalue weighted by Crippen LogP contribution is -2.22. The summed E-state index contributed by atoms with van der Waals surface area (Å²) in [6, 6.07) is 5.73. The topological polar surface area (TPSA) is 35.5 Å². The first-order chi connectivity index (χ1) is 8.31. The Labute approximate surface area is 108 Å². The monoisotopic (exact) mass is 248 g/mol. The second kappa shape index (κ2) is 5.71. The predicted molar refractivity (Wildman–Crippen MR) is 72.6 cm³/mol. The Morgan fingerprint density at radius 3 is 2.44 bits per heavy atom. The van der Waals surface area contributed by atoms with Gasteiger partial charge in [-0.2, -0.15) is 0 Å². The quantitative estimate of drug-likeness (QED) is 0.608. The lowest BCUT2D eigenvalue weighted by Gasteiger charge is -2.17. The van der Waals surface area contributed by atoms with Gasteiger partial charge in [0.1, 0.15) is 11.4 Å². The molecule has 0 unspecified atom stereocenters. The number of carbonyl (C=O) groups is 1. The van der Waals surface area contributed by atoms with Crippen LogP contribution in [0.3, 0.4) is 0 Å². The molecule has 0 aliphatic rings. The van der Waals surface area contributed by atoms with Crippen molar-refractivity contribution in [2.24, 2.45) is 0 Å². The van der Waals surface area contributed by atoms with Gasteiger partial charge >= 0.3 is 5.97 Å². The molecule has 98 valence electrons. The van der Waals surface area contributed by atoms with Crippen molar-refractivity contribution in [2.75, 3.05) is 7.11 Å². The maximum atomic E-state index is 11.5. The van der Waals surface area contributed by atoms with E-state index in [0.29, 0.717) is 0 Å². The molecule has 0 heterocycles. The third-order valence-electron chi connectivity index (χ3n) is 2.24. The van der Waals surface area contributed by atoms with Gasteiger partial charge in [-0.15, -0.1) is 0 Å². The molecule has 0 N–H and O–H groups in total. The molecule has 0 bridgehead atoms. The number of ether oxygens (including phenoxy) is 2. The molecule has 0 spiro atoms. The molecule has 1 rings (SSSR count). The molecule has 0 aliphatic heterocycles. The highest BCUT2D eigenvalue weighted by atomic mass is 16.6. The average Bonchev–Trinajstić information content (AvgIpc) is 2.24. The van der Waals surface area contributed by atoms with Crippen LogP contribution in [0.5, 0.6) is 5.75 Å². The largest absolute Gasteiger partial charge is 0.496 e. The second-order valence-electron chi connectivity index (χ2n) is 5.10. The van der Waals surface area contributed by atoms with Crippen molar-refractivity contribution in [1.82, 2.24) is 0 Å². The van der Waals surface area contributed by atoms with E-state index in [1.807, 2.05) is 45.9 Å². The summed E-state index contributed by atoms with van der Waals surface area (Å²) in [4.78, 5) is 11.5. The van der Waals surface area contributed by atoms with E-state index in [9.17, 15) is 4.79 Å². The molecule has 0 aliphatic carbocycles. The summed E-state index contributed by atoms with van der Waals surface area (Å²) in [7, 11) is 1.64. The number of hydrogen-bond acceptors (Lipinski definition) is 3. The number of benzene rings is 1. The lowest BCUT2D eigenvalue weighted by molar-refractivity contribution is -0.148. The van der Waals surface area contributed by atoms with Crippen molar-refractivity contribution in [3.63, 3.8) is 0 Å². The third-order valence-corrected chi connectivity index (χ3v) is 2.24. The Balaban J connectivity index is 2.73. The molecule has 0 saturated heterocycles. The lowest BCUT2D eigenvalue weighted by atomic mass is 10.1. The first-order valence-electron chi connectivity index (χ1n) is 5.87. The van der Waals surface area contributed by atoms with Crippen LogP contribution in [0.25, 0.3) is 6.08 Å². The van der Waals surface area contributed by atoms with Crippen LogP contribution in [0.2, 0.25) is 0 Å². The van der Waals surface area contributed by atoms with Crippen LogP contribution in [-0.2, 0) is 9.53 Å². The fourth-order valence-corrected chi connectivity index (χ4v) is 1.51. The van der Waals surface area contributed by atoms with E-state index in [0.717, 1.165) is 16.9 Å². The highest BCUT2D eigenvalue weighted by Gasteiger charge is 2.13. The molecular formula is C15H20O3. The Hall–Kier alpha value is -1.77. The highest BCUT2D eigenvalue weighted by Crippen LogP contribution is 2.19. The van der Waals surface area contributed by atoms with E-state index < -0.39 is 5.60 Å². The number of rotatable bonds is 3. The van der Waals surface area contributed by atoms with Crippen molar-refractivity contribution in [3.05, 3.63) is 35.4 Å². The summed E-state index contributed by atoms with van der Waals surface area (Å²) in [5.74, 6) is 0.500. The first-order valence-corrected chi connectivity index (χ1v) is 5.87. The minimum atomic E-state index is -0.461. The van der Waals surface area contributed by atoms with E-state index in [4.69, 9.17) is 9.47 Å². The summed E-state index contributed by atoms with van der Waals surface area (Å²) in [6.45, 7) is 7.49. The smallest absolute Gasteiger partial charge is 0.331 e. The average molecular weight is 248 g/mol. The van der Waals surface area contributed by atoms with Crippen molar-refractivity contribution >= 4 is 12.0 Å². The van der Waals surface area contributed by atoms with Gasteiger partial charge in [-0.05, 0) is 57.0 Å². The van der Waals surface area contributed by atoms with Crippen LogP contribution in [0, 0.1) is 6.92 Å². The Kier molecular flexibility index (Phi) is 4.54. The molecule has 0 saturated carbocycles. The molecule has 0 fully saturated rings. The summed E-state index contributed by atoms with van der Waals surface area (Å²) in [5, 5.41) is 0. The summed E-state index contributed by atoms with van der Waals surface area (Å²) in [6.07, 6.45) is 3.17. The number of hydrogen-bond donors (Lipinski definition) is 0. The van der Waals surface area contributed by atoms with Crippen molar-refractivity contribution in [3.8, 4) is 5.75 Å². The van der Waals surface area contributed by atoms with Gasteiger partial charge in [0.05, 0.1) is 7.11 Å². The van der Waals surface area contributed by atoms with Gasteiger partial charge in [-0.1, -0.05) is 6.07 Å². The van der Waals surface area contributed by atoms with Gasteiger partial charge in [-0.25, -0.2) is 4.79 Å². The Morgan fingerprint density at radius 1 is 1.28 bits per heavy atom. The van der Waals surface area contributed by atoms with Gasteiger partial charge in [0.25, 0.3) is 0 Å². The zero-order chi connectivity index (χ0) is 13.8. The number of methoxy groups -OCH3 is 1. The standard InChI is InChI=1S/C15H20O3/c1-11-10-12(6-8-13(11)17-5)7-9-14(16)18-15(2,3)4/h6-10H,1-5H3. The van der Waals surface area contributed by atoms with Gasteiger partial charge < -0.3 is 9.47 Å². The normalized spacial score (nSPS) is 11.6. The molecule has 0 aromatic heterocycles. The Bertz CT molecular complexity index is 453. The molecule has 18 heavy (non-hydrogen) atoms. The summed E-state index contributed by atoms with van der Waals surface area (Å²) >= 11 is 0. The van der Waals surface area contributed by atoms with Gasteiger partial charge in [-0.3, -0.25) is 0 Å². The zero-order valence-corrected chi connectivity index (χ0v) is 11.6. The molecule has 1 aromatic rings. The van der Waals surface area contributed by atoms with Crippen molar-refractivity contribution < 1.29 is 14.3 Å². The number of esters is 1. The number of carbonyl (C=O) groups excluding carboxylic acids is 1. The van der Waals surface area contributed by atoms with Crippen LogP contribution in [0.15, 0.2) is 24.3 Å². The predicted octanol–water partition coefficient (Wildman–Crippen LogP) is 3.36. The molecular weight excluding hydrogens is 228 g/mol. The van der Waals surface area contributed by atoms with E-state index in [2.05, 4.69) is 0 Å². The van der Waals surface area contributed by atoms with E-state index >= 15 is 0 Å². The van der Waals surface area contributed by atoms with Crippen molar-refractivity contribution in [1.29, 1.82) is 0 Å². The van der Waals surface area contributed by atoms with Crippen LogP contribution in [-0.4, -0.2) is 18.7 Å². The Morgan fingerprint density at radius 2 is 1.94 bits per heavy atom. The minimum absolute atomic E-state index is 0.337. The third kappa shape index (κ3) is 4.62. The second-order valence-corrected chi connectivity index (χ2v) is 5.10. The van der Waals surface area contributed by atoms with Crippen LogP contribution >= 0.6 is 0 Å². The molecule has 0 amide bonds. The van der Waals surface area contributed by atoms with E-state index in [1.165, 1.54) is 6.08 Å². The van der Waals surface area contributed by atoms with Crippen LogP contribution in [0.1, 0.15) is 31.9 Å². The minimum Gasteiger partial charge on any atom is -0.496 e. The first kappa shape index (κ1) is 14.3. The summed E-state index contributed by atoms with van der Waals surface area (Å²) in [5.41, 5.74) is 1.51. The molecule has 3 heteroatoms. The van der Waals surface area contributed by atoms with Gasteiger partial charge in [0.2, 0.25) is 0 Å². The molecule has 0 atom stereocenters. The fourth-order valence-electron chi connectivity index (χ4n) is 1.51. The number of aryl methyl sites for hydroxylation is 1. The fraction of sp³-hybridized carbons (Fsp3) is 0.400. The van der Waals surface area contributed by atoms with Crippen LogP contribution < -0.4 is 4.74 Å². The highest BCUT2D eigenvalue weighted by molar-refractivity contribution is 5.87. The summed E-state index contributed by atoms with van der Waals surface area (Å²) < 4.78 is 10.4. The van der Waals surface area contributed by atoms with E-state index in [-0.39, 0.29) is 5.97 Å². The van der Waals surface area contributed by atoms with Crippen LogP contribution in [0.4, 0.5) is 0 Å².